The second-order valence-corrected chi connectivity index (χ2v) is 7.19. The van der Waals surface area contributed by atoms with Crippen LogP contribution in [-0.4, -0.2) is 73.1 Å². The highest BCUT2D eigenvalue weighted by Crippen LogP contribution is 2.40. The predicted octanol–water partition coefficient (Wildman–Crippen LogP) is 1.55. The molecule has 0 radical (unpaired) electrons. The molecule has 2 heterocycles. The molecule has 1 aromatic rings. The Labute approximate surface area is 161 Å². The topological polar surface area (TPSA) is 85.4 Å². The normalized spacial score (nSPS) is 17.1. The molecule has 8 nitrogen and oxygen atoms in total. The Bertz CT molecular complexity index is 746. The Hall–Kier alpha value is -2.42. The molecule has 0 bridgehead atoms. The average Bonchev–Trinajstić information content (AvgIpc) is 2.96. The molecule has 3 rings (SSSR count). The fraction of sp³-hybridized carbons (Fsp3) is 0.500. The highest BCUT2D eigenvalue weighted by molar-refractivity contribution is 8.14. The predicted molar refractivity (Wildman–Crippen MR) is 99.5 cm³/mol. The Balaban J connectivity index is 1.58. The summed E-state index contributed by atoms with van der Waals surface area (Å²) in [5.41, 5.74) is 0.849. The van der Waals surface area contributed by atoms with E-state index >= 15 is 0 Å². The molecule has 2 saturated heterocycles. The van der Waals surface area contributed by atoms with Gasteiger partial charge in [-0.15, -0.1) is 0 Å². The zero-order valence-corrected chi connectivity index (χ0v) is 16.3. The molecule has 0 N–H and O–H groups in total. The Morgan fingerprint density at radius 3 is 2.37 bits per heavy atom. The van der Waals surface area contributed by atoms with E-state index in [2.05, 4.69) is 0 Å². The summed E-state index contributed by atoms with van der Waals surface area (Å²) in [5.74, 6) is 1.62. The first-order chi connectivity index (χ1) is 13.0. The largest absolute Gasteiger partial charge is 0.493 e. The first-order valence-electron chi connectivity index (χ1n) is 8.54. The minimum absolute atomic E-state index is 0.0187. The van der Waals surface area contributed by atoms with Crippen molar-refractivity contribution in [1.82, 2.24) is 9.80 Å². The lowest BCUT2D eigenvalue weighted by Crippen LogP contribution is -2.62. The number of rotatable bonds is 7. The number of hydrogen-bond donors (Lipinski definition) is 0. The van der Waals surface area contributed by atoms with E-state index in [0.29, 0.717) is 43.2 Å². The number of benzene rings is 1. The van der Waals surface area contributed by atoms with Crippen molar-refractivity contribution in [3.8, 4) is 17.2 Å². The van der Waals surface area contributed by atoms with Gasteiger partial charge in [-0.05, 0) is 18.1 Å². The van der Waals surface area contributed by atoms with Gasteiger partial charge in [-0.1, -0.05) is 17.8 Å². The molecule has 9 heteroatoms. The molecule has 0 aliphatic carbocycles. The second kappa shape index (κ2) is 8.08. The van der Waals surface area contributed by atoms with Crippen LogP contribution in [0.15, 0.2) is 12.1 Å². The number of ether oxygens (including phenoxy) is 3. The first-order valence-corrected chi connectivity index (χ1v) is 9.53. The standard InChI is InChI=1S/C18H22N2O6S/c1-24-13-6-4-11(16(25-2)17(13)26-3)5-7-14(21)19-8-12(9-19)20-15(22)10-27-18(20)23/h4,6,12H,5,7-10H2,1-3H3. The minimum Gasteiger partial charge on any atom is -0.493 e. The van der Waals surface area contributed by atoms with Gasteiger partial charge in [0, 0.05) is 19.5 Å². The van der Waals surface area contributed by atoms with Gasteiger partial charge in [-0.2, -0.15) is 0 Å². The lowest BCUT2D eigenvalue weighted by molar-refractivity contribution is -0.142. The van der Waals surface area contributed by atoms with Gasteiger partial charge in [0.1, 0.15) is 0 Å². The van der Waals surface area contributed by atoms with Crippen LogP contribution in [0, 0.1) is 0 Å². The first kappa shape index (κ1) is 19.3. The van der Waals surface area contributed by atoms with Crippen molar-refractivity contribution in [2.45, 2.75) is 18.9 Å². The van der Waals surface area contributed by atoms with Crippen LogP contribution >= 0.6 is 11.8 Å². The molecule has 2 aliphatic heterocycles. The van der Waals surface area contributed by atoms with Crippen molar-refractivity contribution in [3.63, 3.8) is 0 Å². The molecular formula is C18H22N2O6S. The molecule has 0 spiro atoms. The highest BCUT2D eigenvalue weighted by atomic mass is 32.2. The maximum Gasteiger partial charge on any atom is 0.289 e. The van der Waals surface area contributed by atoms with Crippen LogP contribution in [0.2, 0.25) is 0 Å². The molecule has 27 heavy (non-hydrogen) atoms. The average molecular weight is 394 g/mol. The minimum atomic E-state index is -0.216. The second-order valence-electron chi connectivity index (χ2n) is 6.26. The van der Waals surface area contributed by atoms with Crippen LogP contribution in [0.5, 0.6) is 17.2 Å². The third kappa shape index (κ3) is 3.69. The molecule has 0 saturated carbocycles. The Morgan fingerprint density at radius 1 is 1.11 bits per heavy atom. The van der Waals surface area contributed by atoms with Crippen molar-refractivity contribution in [3.05, 3.63) is 17.7 Å². The number of aryl methyl sites for hydroxylation is 1. The zero-order valence-electron chi connectivity index (χ0n) is 15.5. The van der Waals surface area contributed by atoms with Gasteiger partial charge in [0.2, 0.25) is 17.6 Å². The van der Waals surface area contributed by atoms with Crippen LogP contribution in [0.4, 0.5) is 4.79 Å². The maximum absolute atomic E-state index is 12.4. The van der Waals surface area contributed by atoms with Crippen LogP contribution in [-0.2, 0) is 16.0 Å². The summed E-state index contributed by atoms with van der Waals surface area (Å²) in [4.78, 5) is 38.8. The number of methoxy groups -OCH3 is 3. The van der Waals surface area contributed by atoms with E-state index in [4.69, 9.17) is 14.2 Å². The maximum atomic E-state index is 12.4. The van der Waals surface area contributed by atoms with Crippen molar-refractivity contribution in [1.29, 1.82) is 0 Å². The van der Waals surface area contributed by atoms with Crippen LogP contribution in [0.25, 0.3) is 0 Å². The summed E-state index contributed by atoms with van der Waals surface area (Å²) in [6.45, 7) is 0.805. The zero-order chi connectivity index (χ0) is 19.6. The lowest BCUT2D eigenvalue weighted by atomic mass is 10.0. The summed E-state index contributed by atoms with van der Waals surface area (Å²) in [6.07, 6.45) is 0.788. The summed E-state index contributed by atoms with van der Waals surface area (Å²) < 4.78 is 16.1. The summed E-state index contributed by atoms with van der Waals surface area (Å²) in [5, 5.41) is -0.216. The van der Waals surface area contributed by atoms with Gasteiger partial charge in [0.25, 0.3) is 5.24 Å². The van der Waals surface area contributed by atoms with E-state index < -0.39 is 0 Å². The van der Waals surface area contributed by atoms with Gasteiger partial charge in [-0.3, -0.25) is 19.3 Å². The van der Waals surface area contributed by atoms with Gasteiger partial charge in [0.15, 0.2) is 11.5 Å². The smallest absolute Gasteiger partial charge is 0.289 e. The van der Waals surface area contributed by atoms with Gasteiger partial charge in [-0.25, -0.2) is 0 Å². The Morgan fingerprint density at radius 2 is 1.81 bits per heavy atom. The van der Waals surface area contributed by atoms with Crippen LogP contribution in [0.1, 0.15) is 12.0 Å². The van der Waals surface area contributed by atoms with E-state index in [0.717, 1.165) is 17.3 Å². The van der Waals surface area contributed by atoms with Crippen molar-refractivity contribution >= 4 is 28.8 Å². The van der Waals surface area contributed by atoms with Gasteiger partial charge in [0.05, 0.1) is 33.1 Å². The van der Waals surface area contributed by atoms with E-state index in [9.17, 15) is 14.4 Å². The third-order valence-corrected chi connectivity index (χ3v) is 5.59. The van der Waals surface area contributed by atoms with Crippen molar-refractivity contribution in [2.24, 2.45) is 0 Å². The quantitative estimate of drug-likeness (QED) is 0.694. The van der Waals surface area contributed by atoms with Crippen LogP contribution < -0.4 is 14.2 Å². The van der Waals surface area contributed by atoms with E-state index in [1.54, 1.807) is 25.2 Å². The van der Waals surface area contributed by atoms with Crippen molar-refractivity contribution < 1.29 is 28.6 Å². The molecule has 1 aromatic carbocycles. The molecule has 2 fully saturated rings. The summed E-state index contributed by atoms with van der Waals surface area (Å²) >= 11 is 1.02. The lowest BCUT2D eigenvalue weighted by Gasteiger charge is -2.42. The van der Waals surface area contributed by atoms with Gasteiger partial charge >= 0.3 is 0 Å². The van der Waals surface area contributed by atoms with E-state index in [1.165, 1.54) is 12.0 Å². The van der Waals surface area contributed by atoms with Crippen LogP contribution in [0.3, 0.4) is 0 Å². The van der Waals surface area contributed by atoms with E-state index in [-0.39, 0.29) is 28.8 Å². The fourth-order valence-corrected chi connectivity index (χ4v) is 4.08. The number of carbonyl (C=O) groups excluding carboxylic acids is 3. The molecule has 3 amide bonds. The third-order valence-electron chi connectivity index (χ3n) is 4.76. The number of carbonyl (C=O) groups is 3. The number of amides is 3. The SMILES string of the molecule is COc1ccc(CCC(=O)N2CC(N3C(=O)CSC3=O)C2)c(OC)c1OC. The number of thioether (sulfide) groups is 1. The fourth-order valence-electron chi connectivity index (χ4n) is 3.30. The summed E-state index contributed by atoms with van der Waals surface area (Å²) in [6, 6.07) is 3.44. The monoisotopic (exact) mass is 394 g/mol. The van der Waals surface area contributed by atoms with Gasteiger partial charge < -0.3 is 19.1 Å². The number of imide groups is 1. The molecule has 0 aromatic heterocycles. The molecular weight excluding hydrogens is 372 g/mol. The van der Waals surface area contributed by atoms with Crippen molar-refractivity contribution in [2.75, 3.05) is 40.2 Å². The number of nitrogens with zero attached hydrogens (tertiary/aromatic N) is 2. The Kier molecular flexibility index (Phi) is 5.79. The highest BCUT2D eigenvalue weighted by Gasteiger charge is 2.43. The molecule has 0 unspecified atom stereocenters. The van der Waals surface area contributed by atoms with E-state index in [1.807, 2.05) is 6.07 Å². The molecule has 0 atom stereocenters. The number of hydrogen-bond acceptors (Lipinski definition) is 7. The summed E-state index contributed by atoms with van der Waals surface area (Å²) in [7, 11) is 4.63. The molecule has 2 aliphatic rings. The number of likely N-dealkylation sites (tertiary alicyclic amines) is 1. The molecule has 146 valence electrons.